The van der Waals surface area contributed by atoms with E-state index in [4.69, 9.17) is 5.84 Å². The van der Waals surface area contributed by atoms with Crippen LogP contribution in [0.5, 0.6) is 0 Å². The Morgan fingerprint density at radius 1 is 1.50 bits per heavy atom. The van der Waals surface area contributed by atoms with Gasteiger partial charge in [-0.3, -0.25) is 10.4 Å². The number of hydrogen-bond acceptors (Lipinski definition) is 2. The van der Waals surface area contributed by atoms with Gasteiger partial charge in [-0.05, 0) is 31.1 Å². The van der Waals surface area contributed by atoms with Gasteiger partial charge in [0, 0.05) is 12.6 Å². The van der Waals surface area contributed by atoms with Gasteiger partial charge in [0.05, 0.1) is 0 Å². The minimum Gasteiger partial charge on any atom is -0.353 e. The average Bonchev–Trinajstić information content (AvgIpc) is 2.92. The molecule has 0 aliphatic heterocycles. The molecule has 2 aliphatic carbocycles. The van der Waals surface area contributed by atoms with Crippen molar-refractivity contribution in [3.8, 4) is 0 Å². The molecule has 0 atom stereocenters. The zero-order valence-corrected chi connectivity index (χ0v) is 8.84. The van der Waals surface area contributed by atoms with Gasteiger partial charge in [-0.15, -0.1) is 0 Å². The van der Waals surface area contributed by atoms with E-state index in [2.05, 4.69) is 22.7 Å². The van der Waals surface area contributed by atoms with Crippen LogP contribution < -0.4 is 16.6 Å². The summed E-state index contributed by atoms with van der Waals surface area (Å²) in [4.78, 5) is 4.49. The van der Waals surface area contributed by atoms with Crippen LogP contribution in [-0.2, 0) is 0 Å². The molecule has 0 saturated heterocycles. The molecule has 4 heteroatoms. The van der Waals surface area contributed by atoms with Gasteiger partial charge >= 0.3 is 0 Å². The van der Waals surface area contributed by atoms with Gasteiger partial charge in [0.25, 0.3) is 0 Å². The second-order valence-corrected chi connectivity index (χ2v) is 4.89. The molecule has 14 heavy (non-hydrogen) atoms. The van der Waals surface area contributed by atoms with Gasteiger partial charge in [0.15, 0.2) is 0 Å². The second kappa shape index (κ2) is 3.77. The highest BCUT2D eigenvalue weighted by Gasteiger charge is 2.31. The summed E-state index contributed by atoms with van der Waals surface area (Å²) in [5.41, 5.74) is 3.07. The van der Waals surface area contributed by atoms with E-state index in [1.165, 1.54) is 32.1 Å². The monoisotopic (exact) mass is 196 g/mol. The predicted octanol–water partition coefficient (Wildman–Crippen LogP) is 0.748. The minimum absolute atomic E-state index is 0.438. The standard InChI is InChI=1S/C10H20N4/c1-10(5-2-6-10)7-12-9(14-11)13-8-3-4-8/h8H,2-7,11H2,1H3,(H2,12,13,14). The number of nitrogens with one attached hydrogen (secondary N) is 2. The van der Waals surface area contributed by atoms with Crippen LogP contribution in [0.2, 0.25) is 0 Å². The third-order valence-corrected chi connectivity index (χ3v) is 3.23. The molecule has 0 spiro atoms. The highest BCUT2D eigenvalue weighted by molar-refractivity contribution is 5.79. The fraction of sp³-hybridized carbons (Fsp3) is 0.900. The molecule has 0 aromatic carbocycles. The van der Waals surface area contributed by atoms with Crippen LogP contribution in [0.4, 0.5) is 0 Å². The first-order chi connectivity index (χ1) is 6.72. The first kappa shape index (κ1) is 9.77. The summed E-state index contributed by atoms with van der Waals surface area (Å²) in [6.07, 6.45) is 6.46. The maximum atomic E-state index is 5.39. The van der Waals surface area contributed by atoms with Crippen molar-refractivity contribution in [3.05, 3.63) is 0 Å². The topological polar surface area (TPSA) is 62.4 Å². The van der Waals surface area contributed by atoms with Crippen LogP contribution in [-0.4, -0.2) is 18.5 Å². The van der Waals surface area contributed by atoms with Crippen LogP contribution in [0.3, 0.4) is 0 Å². The molecule has 0 aromatic heterocycles. The van der Waals surface area contributed by atoms with Crippen LogP contribution in [0, 0.1) is 5.41 Å². The molecule has 0 radical (unpaired) electrons. The van der Waals surface area contributed by atoms with Gasteiger partial charge in [0.1, 0.15) is 0 Å². The summed E-state index contributed by atoms with van der Waals surface area (Å²) in [5.74, 6) is 6.16. The number of hydrogen-bond donors (Lipinski definition) is 3. The van der Waals surface area contributed by atoms with Crippen LogP contribution >= 0.6 is 0 Å². The number of aliphatic imine (C=N–C) groups is 1. The average molecular weight is 196 g/mol. The summed E-state index contributed by atoms with van der Waals surface area (Å²) in [6.45, 7) is 3.19. The van der Waals surface area contributed by atoms with E-state index in [-0.39, 0.29) is 0 Å². The number of guanidine groups is 1. The lowest BCUT2D eigenvalue weighted by molar-refractivity contribution is 0.173. The molecule has 0 heterocycles. The van der Waals surface area contributed by atoms with E-state index in [0.29, 0.717) is 11.5 Å². The lowest BCUT2D eigenvalue weighted by Crippen LogP contribution is -2.43. The van der Waals surface area contributed by atoms with Crippen LogP contribution in [0.15, 0.2) is 4.99 Å². The lowest BCUT2D eigenvalue weighted by atomic mass is 9.71. The quantitative estimate of drug-likeness (QED) is 0.270. The molecular weight excluding hydrogens is 176 g/mol. The van der Waals surface area contributed by atoms with Gasteiger partial charge in [-0.1, -0.05) is 13.3 Å². The Bertz CT molecular complexity index is 228. The van der Waals surface area contributed by atoms with Crippen molar-refractivity contribution < 1.29 is 0 Å². The summed E-state index contributed by atoms with van der Waals surface area (Å²) in [7, 11) is 0. The fourth-order valence-electron chi connectivity index (χ4n) is 1.76. The molecule has 2 saturated carbocycles. The van der Waals surface area contributed by atoms with Crippen molar-refractivity contribution in [3.63, 3.8) is 0 Å². The number of rotatable bonds is 3. The first-order valence-electron chi connectivity index (χ1n) is 5.49. The molecule has 0 bridgehead atoms. The first-order valence-corrected chi connectivity index (χ1v) is 5.49. The number of nitrogens with two attached hydrogens (primary N) is 1. The van der Waals surface area contributed by atoms with Crippen molar-refractivity contribution in [2.24, 2.45) is 16.3 Å². The highest BCUT2D eigenvalue weighted by Crippen LogP contribution is 2.40. The molecule has 0 amide bonds. The molecule has 0 aromatic rings. The summed E-state index contributed by atoms with van der Waals surface area (Å²) in [5, 5.41) is 3.28. The Hall–Kier alpha value is -0.770. The van der Waals surface area contributed by atoms with Crippen LogP contribution in [0.1, 0.15) is 39.0 Å². The SMILES string of the molecule is CC1(CN=C(NN)NC2CC2)CCC1. The molecule has 2 rings (SSSR count). The molecule has 80 valence electrons. The fourth-order valence-corrected chi connectivity index (χ4v) is 1.76. The Kier molecular flexibility index (Phi) is 2.63. The molecule has 4 nitrogen and oxygen atoms in total. The Morgan fingerprint density at radius 3 is 2.64 bits per heavy atom. The van der Waals surface area contributed by atoms with Gasteiger partial charge in [0.2, 0.25) is 5.96 Å². The van der Waals surface area contributed by atoms with E-state index >= 15 is 0 Å². The number of nitrogens with zero attached hydrogens (tertiary/aromatic N) is 1. The summed E-state index contributed by atoms with van der Waals surface area (Å²) < 4.78 is 0. The van der Waals surface area contributed by atoms with E-state index in [0.717, 1.165) is 12.5 Å². The van der Waals surface area contributed by atoms with E-state index in [9.17, 15) is 0 Å². The Balaban J connectivity index is 1.79. The van der Waals surface area contributed by atoms with Crippen molar-refractivity contribution >= 4 is 5.96 Å². The predicted molar refractivity (Wildman–Crippen MR) is 57.7 cm³/mol. The van der Waals surface area contributed by atoms with Crippen molar-refractivity contribution in [2.45, 2.75) is 45.1 Å². The summed E-state index contributed by atoms with van der Waals surface area (Å²) >= 11 is 0. The minimum atomic E-state index is 0.438. The van der Waals surface area contributed by atoms with E-state index < -0.39 is 0 Å². The van der Waals surface area contributed by atoms with Gasteiger partial charge in [-0.2, -0.15) is 0 Å². The lowest BCUT2D eigenvalue weighted by Gasteiger charge is -2.36. The van der Waals surface area contributed by atoms with Crippen LogP contribution in [0.25, 0.3) is 0 Å². The van der Waals surface area contributed by atoms with Crippen molar-refractivity contribution in [2.75, 3.05) is 6.54 Å². The molecule has 2 aliphatic rings. The maximum Gasteiger partial charge on any atom is 0.205 e. The van der Waals surface area contributed by atoms with Crippen molar-refractivity contribution in [1.82, 2.24) is 10.7 Å². The largest absolute Gasteiger partial charge is 0.353 e. The molecule has 4 N–H and O–H groups in total. The smallest absolute Gasteiger partial charge is 0.205 e. The third kappa shape index (κ3) is 2.38. The highest BCUT2D eigenvalue weighted by atomic mass is 15.3. The normalized spacial score (nSPS) is 25.4. The number of hydrazine groups is 1. The molecular formula is C10H20N4. The zero-order chi connectivity index (χ0) is 10.0. The Morgan fingerprint density at radius 2 is 2.21 bits per heavy atom. The van der Waals surface area contributed by atoms with E-state index in [1.807, 2.05) is 0 Å². The third-order valence-electron chi connectivity index (χ3n) is 3.23. The second-order valence-electron chi connectivity index (χ2n) is 4.89. The van der Waals surface area contributed by atoms with Crippen molar-refractivity contribution in [1.29, 1.82) is 0 Å². The molecule has 0 unspecified atom stereocenters. The van der Waals surface area contributed by atoms with Gasteiger partial charge < -0.3 is 5.32 Å². The molecule has 2 fully saturated rings. The summed E-state index contributed by atoms with van der Waals surface area (Å²) in [6, 6.07) is 0.610. The van der Waals surface area contributed by atoms with E-state index in [1.54, 1.807) is 0 Å². The van der Waals surface area contributed by atoms with Gasteiger partial charge in [-0.25, -0.2) is 5.84 Å². The Labute approximate surface area is 85.3 Å². The maximum absolute atomic E-state index is 5.39. The zero-order valence-electron chi connectivity index (χ0n) is 8.84.